The third-order valence-corrected chi connectivity index (χ3v) is 5.38. The van der Waals surface area contributed by atoms with E-state index in [1.54, 1.807) is 13.0 Å². The number of hydrogen-bond donors (Lipinski definition) is 1. The van der Waals surface area contributed by atoms with Crippen molar-refractivity contribution in [2.45, 2.75) is 13.0 Å². The zero-order valence-corrected chi connectivity index (χ0v) is 18.3. The monoisotopic (exact) mass is 465 g/mol. The van der Waals surface area contributed by atoms with Gasteiger partial charge >= 0.3 is 5.91 Å². The average Bonchev–Trinajstić information content (AvgIpc) is 3.38. The maximum atomic E-state index is 13.1. The SMILES string of the molecule is COc1ccc(/C(O)=C2\C(=O)C(=O)N(c3cc(C)on3)[C@H]2c2ccc([N+](=O)[O-])cc2)cc1OC. The van der Waals surface area contributed by atoms with Gasteiger partial charge in [0.1, 0.15) is 11.5 Å². The number of rotatable bonds is 6. The van der Waals surface area contributed by atoms with Gasteiger partial charge in [0.25, 0.3) is 11.5 Å². The number of non-ortho nitro benzene ring substituents is 1. The maximum Gasteiger partial charge on any atom is 0.301 e. The van der Waals surface area contributed by atoms with E-state index in [1.807, 2.05) is 0 Å². The summed E-state index contributed by atoms with van der Waals surface area (Å²) in [6, 6.07) is 10.2. The summed E-state index contributed by atoms with van der Waals surface area (Å²) in [5.41, 5.74) is 0.177. The normalized spacial score (nSPS) is 17.1. The van der Waals surface area contributed by atoms with E-state index in [9.17, 15) is 24.8 Å². The van der Waals surface area contributed by atoms with Crippen LogP contribution in [0, 0.1) is 17.0 Å². The summed E-state index contributed by atoms with van der Waals surface area (Å²) >= 11 is 0. The molecular formula is C23H19N3O8. The van der Waals surface area contributed by atoms with Crippen LogP contribution in [0.15, 0.2) is 58.6 Å². The molecule has 3 aromatic rings. The van der Waals surface area contributed by atoms with Gasteiger partial charge in [-0.15, -0.1) is 0 Å². The molecule has 0 saturated carbocycles. The number of nitro benzene ring substituents is 1. The topological polar surface area (TPSA) is 145 Å². The zero-order valence-electron chi connectivity index (χ0n) is 18.3. The number of aromatic nitrogens is 1. The fraction of sp³-hybridized carbons (Fsp3) is 0.174. The summed E-state index contributed by atoms with van der Waals surface area (Å²) in [5.74, 6) is -1.15. The van der Waals surface area contributed by atoms with Crippen molar-refractivity contribution in [3.05, 3.63) is 81.1 Å². The highest BCUT2D eigenvalue weighted by Gasteiger charge is 2.48. The molecule has 0 unspecified atom stereocenters. The van der Waals surface area contributed by atoms with Crippen LogP contribution in [0.25, 0.3) is 5.76 Å². The second-order valence-electron chi connectivity index (χ2n) is 7.38. The van der Waals surface area contributed by atoms with Crippen LogP contribution in [0.4, 0.5) is 11.5 Å². The molecule has 1 fully saturated rings. The lowest BCUT2D eigenvalue weighted by Crippen LogP contribution is -2.29. The Balaban J connectivity index is 1.92. The Bertz CT molecular complexity index is 1330. The highest BCUT2D eigenvalue weighted by molar-refractivity contribution is 6.51. The summed E-state index contributed by atoms with van der Waals surface area (Å²) in [5, 5.41) is 26.1. The molecule has 34 heavy (non-hydrogen) atoms. The molecule has 2 heterocycles. The smallest absolute Gasteiger partial charge is 0.301 e. The lowest BCUT2D eigenvalue weighted by atomic mass is 9.95. The van der Waals surface area contributed by atoms with E-state index < -0.39 is 28.4 Å². The van der Waals surface area contributed by atoms with Crippen molar-refractivity contribution in [2.24, 2.45) is 0 Å². The largest absolute Gasteiger partial charge is 0.507 e. The van der Waals surface area contributed by atoms with Crippen molar-refractivity contribution in [3.63, 3.8) is 0 Å². The quantitative estimate of drug-likeness (QED) is 0.190. The van der Waals surface area contributed by atoms with Gasteiger partial charge in [-0.1, -0.05) is 5.16 Å². The number of benzene rings is 2. The summed E-state index contributed by atoms with van der Waals surface area (Å²) in [7, 11) is 2.88. The summed E-state index contributed by atoms with van der Waals surface area (Å²) in [6.07, 6.45) is 0. The summed E-state index contributed by atoms with van der Waals surface area (Å²) in [6.45, 7) is 1.62. The Morgan fingerprint density at radius 2 is 1.76 bits per heavy atom. The number of hydrogen-bond acceptors (Lipinski definition) is 9. The van der Waals surface area contributed by atoms with Gasteiger partial charge in [-0.25, -0.2) is 0 Å². The van der Waals surface area contributed by atoms with Crippen molar-refractivity contribution in [2.75, 3.05) is 19.1 Å². The van der Waals surface area contributed by atoms with Crippen molar-refractivity contribution < 1.29 is 33.6 Å². The Morgan fingerprint density at radius 1 is 1.09 bits per heavy atom. The number of nitrogens with zero attached hydrogens (tertiary/aromatic N) is 3. The fourth-order valence-corrected chi connectivity index (χ4v) is 3.77. The third-order valence-electron chi connectivity index (χ3n) is 5.38. The number of aliphatic hydroxyl groups excluding tert-OH is 1. The fourth-order valence-electron chi connectivity index (χ4n) is 3.77. The van der Waals surface area contributed by atoms with Gasteiger partial charge in [0.05, 0.1) is 30.8 Å². The van der Waals surface area contributed by atoms with E-state index in [0.717, 1.165) is 4.90 Å². The molecule has 1 N–H and O–H groups in total. The molecule has 1 saturated heterocycles. The van der Waals surface area contributed by atoms with Crippen LogP contribution in [0.1, 0.15) is 22.9 Å². The lowest BCUT2D eigenvalue weighted by Gasteiger charge is -2.22. The van der Waals surface area contributed by atoms with Crippen LogP contribution in [0.3, 0.4) is 0 Å². The molecule has 1 aliphatic heterocycles. The van der Waals surface area contributed by atoms with Crippen LogP contribution >= 0.6 is 0 Å². The number of ketones is 1. The van der Waals surface area contributed by atoms with Crippen molar-refractivity contribution in [1.29, 1.82) is 0 Å². The molecule has 0 spiro atoms. The second kappa shape index (κ2) is 8.70. The van der Waals surface area contributed by atoms with Crippen LogP contribution in [-0.4, -0.2) is 41.1 Å². The minimum absolute atomic E-state index is 0.0642. The first-order chi connectivity index (χ1) is 16.3. The Labute approximate surface area is 192 Å². The number of ether oxygens (including phenoxy) is 2. The zero-order chi connectivity index (χ0) is 24.6. The van der Waals surface area contributed by atoms with E-state index in [0.29, 0.717) is 22.8 Å². The molecule has 174 valence electrons. The first-order valence-corrected chi connectivity index (χ1v) is 9.98. The van der Waals surface area contributed by atoms with Crippen LogP contribution in [0.2, 0.25) is 0 Å². The van der Waals surface area contributed by atoms with E-state index >= 15 is 0 Å². The predicted molar refractivity (Wildman–Crippen MR) is 119 cm³/mol. The van der Waals surface area contributed by atoms with Gasteiger partial charge in [0, 0.05) is 23.8 Å². The number of amides is 1. The van der Waals surface area contributed by atoms with Crippen LogP contribution in [0.5, 0.6) is 11.5 Å². The molecule has 0 bridgehead atoms. The molecule has 1 atom stereocenters. The standard InChI is InChI=1S/C23H19N3O8/c1-12-10-18(24-34-12)25-20(13-4-7-15(8-5-13)26(30)31)19(22(28)23(25)29)21(27)14-6-9-16(32-2)17(11-14)33-3/h4-11,20,27H,1-3H3/b21-19+/t20-/m0/s1. The Kier molecular flexibility index (Phi) is 5.76. The molecule has 1 amide bonds. The van der Waals surface area contributed by atoms with E-state index in [-0.39, 0.29) is 22.6 Å². The minimum Gasteiger partial charge on any atom is -0.507 e. The molecule has 0 aliphatic carbocycles. The highest BCUT2D eigenvalue weighted by Crippen LogP contribution is 2.43. The Hall–Kier alpha value is -4.67. The number of aliphatic hydroxyl groups is 1. The van der Waals surface area contributed by atoms with Crippen molar-refractivity contribution in [1.82, 2.24) is 5.16 Å². The first kappa shape index (κ1) is 22.5. The highest BCUT2D eigenvalue weighted by atomic mass is 16.6. The van der Waals surface area contributed by atoms with Gasteiger partial charge in [-0.2, -0.15) is 0 Å². The molecule has 4 rings (SSSR count). The minimum atomic E-state index is -1.11. The average molecular weight is 465 g/mol. The molecule has 11 heteroatoms. The van der Waals surface area contributed by atoms with Gasteiger partial charge in [0.15, 0.2) is 17.3 Å². The van der Waals surface area contributed by atoms with E-state index in [4.69, 9.17) is 14.0 Å². The van der Waals surface area contributed by atoms with E-state index in [1.165, 1.54) is 56.7 Å². The van der Waals surface area contributed by atoms with Gasteiger partial charge in [-0.3, -0.25) is 24.6 Å². The number of Topliss-reactive ketones (excluding diaryl/α,β-unsaturated/α-hetero) is 1. The van der Waals surface area contributed by atoms with Gasteiger partial charge in [0.2, 0.25) is 0 Å². The first-order valence-electron chi connectivity index (χ1n) is 9.98. The van der Waals surface area contributed by atoms with E-state index in [2.05, 4.69) is 5.16 Å². The maximum absolute atomic E-state index is 13.1. The van der Waals surface area contributed by atoms with Crippen molar-refractivity contribution in [3.8, 4) is 11.5 Å². The van der Waals surface area contributed by atoms with Crippen LogP contribution < -0.4 is 14.4 Å². The molecular weight excluding hydrogens is 446 g/mol. The van der Waals surface area contributed by atoms with Gasteiger partial charge in [-0.05, 0) is 42.8 Å². The van der Waals surface area contributed by atoms with Gasteiger partial charge < -0.3 is 19.1 Å². The number of nitro groups is 1. The third kappa shape index (κ3) is 3.72. The number of carbonyl (C=O) groups is 2. The Morgan fingerprint density at radius 3 is 2.32 bits per heavy atom. The molecule has 0 radical (unpaired) electrons. The summed E-state index contributed by atoms with van der Waals surface area (Å²) < 4.78 is 15.6. The predicted octanol–water partition coefficient (Wildman–Crippen LogP) is 3.53. The number of methoxy groups -OCH3 is 2. The molecule has 1 aromatic heterocycles. The van der Waals surface area contributed by atoms with Crippen molar-refractivity contribution >= 4 is 29.0 Å². The molecule has 2 aromatic carbocycles. The number of carbonyl (C=O) groups excluding carboxylic acids is 2. The summed E-state index contributed by atoms with van der Waals surface area (Å²) in [4.78, 5) is 37.8. The van der Waals surface area contributed by atoms with Crippen LogP contribution in [-0.2, 0) is 9.59 Å². The lowest BCUT2D eigenvalue weighted by molar-refractivity contribution is -0.384. The number of anilines is 1. The second-order valence-corrected chi connectivity index (χ2v) is 7.38. The number of aryl methyl sites for hydroxylation is 1. The molecule has 11 nitrogen and oxygen atoms in total. The molecule has 1 aliphatic rings.